The van der Waals surface area contributed by atoms with Gasteiger partial charge in [-0.2, -0.15) is 0 Å². The molecule has 2 aromatic heterocycles. The van der Waals surface area contributed by atoms with Crippen LogP contribution in [0.5, 0.6) is 0 Å². The number of amides is 3. The zero-order chi connectivity index (χ0) is 15.5. The van der Waals surface area contributed by atoms with E-state index in [0.717, 1.165) is 0 Å². The lowest BCUT2D eigenvalue weighted by atomic mass is 10.3. The number of hydrogen-bond acceptors (Lipinski definition) is 5. The second kappa shape index (κ2) is 6.29. The van der Waals surface area contributed by atoms with Crippen LogP contribution in [0.4, 0.5) is 15.7 Å². The number of carbonyl (C=O) groups is 2. The van der Waals surface area contributed by atoms with E-state index in [9.17, 15) is 9.59 Å². The van der Waals surface area contributed by atoms with Crippen LogP contribution in [0.1, 0.15) is 5.69 Å². The van der Waals surface area contributed by atoms with Gasteiger partial charge in [-0.05, 0) is 12.1 Å². The van der Waals surface area contributed by atoms with E-state index in [2.05, 4.69) is 20.6 Å². The summed E-state index contributed by atoms with van der Waals surface area (Å²) in [6.07, 6.45) is 1.58. The van der Waals surface area contributed by atoms with Gasteiger partial charge >= 0.3 is 6.03 Å². The predicted molar refractivity (Wildman–Crippen MR) is 84.4 cm³/mol. The van der Waals surface area contributed by atoms with Gasteiger partial charge in [0.05, 0.1) is 17.1 Å². The van der Waals surface area contributed by atoms with Gasteiger partial charge in [0.1, 0.15) is 5.82 Å². The van der Waals surface area contributed by atoms with Gasteiger partial charge in [-0.1, -0.05) is 11.6 Å². The lowest BCUT2D eigenvalue weighted by Crippen LogP contribution is -2.27. The SMILES string of the molecule is O=C(Cc1csc(N2CCNC2=O)n1)Nc1ccc(Cl)cn1. The Balaban J connectivity index is 1.61. The summed E-state index contributed by atoms with van der Waals surface area (Å²) in [4.78, 5) is 33.4. The number of carbonyl (C=O) groups excluding carboxylic acids is 2. The largest absolute Gasteiger partial charge is 0.336 e. The first-order valence-electron chi connectivity index (χ1n) is 6.53. The van der Waals surface area contributed by atoms with Crippen molar-refractivity contribution in [3.05, 3.63) is 34.4 Å². The molecule has 1 saturated heterocycles. The number of urea groups is 1. The van der Waals surface area contributed by atoms with E-state index in [0.29, 0.717) is 34.8 Å². The third kappa shape index (κ3) is 3.34. The molecule has 0 unspecified atom stereocenters. The molecule has 114 valence electrons. The van der Waals surface area contributed by atoms with Gasteiger partial charge in [0.25, 0.3) is 0 Å². The summed E-state index contributed by atoms with van der Waals surface area (Å²) in [6, 6.07) is 3.12. The number of hydrogen-bond donors (Lipinski definition) is 2. The van der Waals surface area contributed by atoms with Crippen LogP contribution in [0.2, 0.25) is 5.02 Å². The van der Waals surface area contributed by atoms with Crippen LogP contribution in [-0.4, -0.2) is 35.0 Å². The Kier molecular flexibility index (Phi) is 4.21. The van der Waals surface area contributed by atoms with Crippen molar-refractivity contribution >= 4 is 45.8 Å². The van der Waals surface area contributed by atoms with Crippen molar-refractivity contribution in [3.8, 4) is 0 Å². The van der Waals surface area contributed by atoms with Crippen molar-refractivity contribution in [2.45, 2.75) is 6.42 Å². The van der Waals surface area contributed by atoms with E-state index in [1.165, 1.54) is 17.5 Å². The molecule has 9 heteroatoms. The minimum Gasteiger partial charge on any atom is -0.336 e. The molecule has 0 radical (unpaired) electrons. The number of pyridine rings is 1. The molecule has 0 atom stereocenters. The van der Waals surface area contributed by atoms with Crippen LogP contribution in [0.15, 0.2) is 23.7 Å². The molecule has 0 bridgehead atoms. The summed E-state index contributed by atoms with van der Waals surface area (Å²) in [5, 5.41) is 8.26. The van der Waals surface area contributed by atoms with E-state index >= 15 is 0 Å². The van der Waals surface area contributed by atoms with E-state index in [1.54, 1.807) is 22.4 Å². The number of anilines is 2. The van der Waals surface area contributed by atoms with Gasteiger partial charge in [-0.3, -0.25) is 9.69 Å². The predicted octanol–water partition coefficient (Wildman–Crippen LogP) is 1.90. The van der Waals surface area contributed by atoms with Crippen molar-refractivity contribution < 1.29 is 9.59 Å². The van der Waals surface area contributed by atoms with Crippen molar-refractivity contribution in [2.24, 2.45) is 0 Å². The monoisotopic (exact) mass is 337 g/mol. The number of aromatic nitrogens is 2. The van der Waals surface area contributed by atoms with Gasteiger partial charge in [-0.15, -0.1) is 11.3 Å². The van der Waals surface area contributed by atoms with Crippen molar-refractivity contribution in [1.82, 2.24) is 15.3 Å². The fourth-order valence-corrected chi connectivity index (χ4v) is 2.92. The highest BCUT2D eigenvalue weighted by molar-refractivity contribution is 7.14. The Hall–Kier alpha value is -2.19. The van der Waals surface area contributed by atoms with Gasteiger partial charge in [0.2, 0.25) is 5.91 Å². The molecule has 1 fully saturated rings. The molecule has 3 heterocycles. The molecule has 1 aliphatic heterocycles. The Bertz CT molecular complexity index is 703. The zero-order valence-electron chi connectivity index (χ0n) is 11.4. The summed E-state index contributed by atoms with van der Waals surface area (Å²) in [7, 11) is 0. The van der Waals surface area contributed by atoms with Crippen LogP contribution in [0.25, 0.3) is 0 Å². The molecular formula is C13H12ClN5O2S. The smallest absolute Gasteiger partial charge is 0.323 e. The average Bonchev–Trinajstić information content (AvgIpc) is 3.10. The zero-order valence-corrected chi connectivity index (χ0v) is 12.9. The van der Waals surface area contributed by atoms with E-state index < -0.39 is 0 Å². The minimum absolute atomic E-state index is 0.121. The van der Waals surface area contributed by atoms with Crippen molar-refractivity contribution in [2.75, 3.05) is 23.3 Å². The summed E-state index contributed by atoms with van der Waals surface area (Å²) in [6.45, 7) is 1.20. The maximum Gasteiger partial charge on any atom is 0.323 e. The Morgan fingerprint density at radius 2 is 2.36 bits per heavy atom. The molecule has 1 aliphatic rings. The fourth-order valence-electron chi connectivity index (χ4n) is 1.96. The highest BCUT2D eigenvalue weighted by atomic mass is 35.5. The molecule has 0 aliphatic carbocycles. The average molecular weight is 338 g/mol. The Labute approximate surface area is 135 Å². The number of rotatable bonds is 4. The molecule has 0 spiro atoms. The lowest BCUT2D eigenvalue weighted by Gasteiger charge is -2.08. The number of nitrogens with one attached hydrogen (secondary N) is 2. The molecule has 22 heavy (non-hydrogen) atoms. The van der Waals surface area contributed by atoms with Gasteiger partial charge in [-0.25, -0.2) is 14.8 Å². The summed E-state index contributed by atoms with van der Waals surface area (Å²) >= 11 is 7.08. The topological polar surface area (TPSA) is 87.2 Å². The third-order valence-electron chi connectivity index (χ3n) is 2.96. The Morgan fingerprint density at radius 3 is 3.05 bits per heavy atom. The second-order valence-corrected chi connectivity index (χ2v) is 5.86. The normalized spacial score (nSPS) is 14.0. The lowest BCUT2D eigenvalue weighted by molar-refractivity contribution is -0.115. The van der Waals surface area contributed by atoms with Gasteiger partial charge in [0.15, 0.2) is 5.13 Å². The maximum absolute atomic E-state index is 11.9. The van der Waals surface area contributed by atoms with Crippen LogP contribution in [0.3, 0.4) is 0 Å². The first-order valence-corrected chi connectivity index (χ1v) is 7.79. The molecule has 2 aromatic rings. The van der Waals surface area contributed by atoms with Crippen LogP contribution in [-0.2, 0) is 11.2 Å². The molecule has 3 amide bonds. The van der Waals surface area contributed by atoms with Gasteiger partial charge in [0, 0.05) is 24.7 Å². The van der Waals surface area contributed by atoms with Crippen LogP contribution >= 0.6 is 22.9 Å². The highest BCUT2D eigenvalue weighted by Gasteiger charge is 2.24. The molecule has 3 rings (SSSR count). The first kappa shape index (κ1) is 14.7. The molecule has 2 N–H and O–H groups in total. The van der Waals surface area contributed by atoms with E-state index in [1.807, 2.05) is 0 Å². The third-order valence-corrected chi connectivity index (χ3v) is 4.10. The quantitative estimate of drug-likeness (QED) is 0.892. The van der Waals surface area contributed by atoms with Crippen LogP contribution in [0, 0.1) is 0 Å². The molecule has 0 aromatic carbocycles. The maximum atomic E-state index is 11.9. The standard InChI is InChI=1S/C13H12ClN5O2S/c14-8-1-2-10(16-6-8)18-11(20)5-9-7-22-13(17-9)19-4-3-15-12(19)21/h1-2,6-7H,3-5H2,(H,15,21)(H,16,18,20). The fraction of sp³-hybridized carbons (Fsp3) is 0.231. The van der Waals surface area contributed by atoms with E-state index in [4.69, 9.17) is 11.6 Å². The molecule has 7 nitrogen and oxygen atoms in total. The summed E-state index contributed by atoms with van der Waals surface area (Å²) in [5.74, 6) is 0.210. The number of nitrogens with zero attached hydrogens (tertiary/aromatic N) is 3. The van der Waals surface area contributed by atoms with Crippen molar-refractivity contribution in [1.29, 1.82) is 0 Å². The minimum atomic E-state index is -0.224. The second-order valence-electron chi connectivity index (χ2n) is 4.59. The molecular weight excluding hydrogens is 326 g/mol. The van der Waals surface area contributed by atoms with Crippen molar-refractivity contribution in [3.63, 3.8) is 0 Å². The molecule has 0 saturated carbocycles. The van der Waals surface area contributed by atoms with Crippen LogP contribution < -0.4 is 15.5 Å². The number of halogens is 1. The first-order chi connectivity index (χ1) is 10.6. The Morgan fingerprint density at radius 1 is 1.50 bits per heavy atom. The summed E-state index contributed by atoms with van der Waals surface area (Å²) < 4.78 is 0. The highest BCUT2D eigenvalue weighted by Crippen LogP contribution is 2.22. The van der Waals surface area contributed by atoms with E-state index in [-0.39, 0.29) is 18.4 Å². The number of thiazole rings is 1. The van der Waals surface area contributed by atoms with Gasteiger partial charge < -0.3 is 10.6 Å². The summed E-state index contributed by atoms with van der Waals surface area (Å²) in [5.41, 5.74) is 0.617.